The van der Waals surface area contributed by atoms with Crippen molar-refractivity contribution >= 4 is 0 Å². The predicted octanol–water partition coefficient (Wildman–Crippen LogP) is 0.155. The summed E-state index contributed by atoms with van der Waals surface area (Å²) in [7, 11) is 1.58. The lowest BCUT2D eigenvalue weighted by Gasteiger charge is -2.05. The van der Waals surface area contributed by atoms with E-state index in [2.05, 4.69) is 17.1 Å². The Morgan fingerprint density at radius 3 is 2.75 bits per heavy atom. The molecule has 0 unspecified atom stereocenters. The number of nitrogens with zero attached hydrogens (tertiary/aromatic N) is 3. The number of nitrogens with two attached hydrogens (primary N) is 1. The van der Waals surface area contributed by atoms with Crippen LogP contribution in [0.5, 0.6) is 6.01 Å². The van der Waals surface area contributed by atoms with E-state index < -0.39 is 0 Å². The molecule has 0 aliphatic carbocycles. The molecule has 0 aliphatic heterocycles. The molecule has 1 aromatic heterocycles. The van der Waals surface area contributed by atoms with Crippen LogP contribution in [0.4, 0.5) is 0 Å². The summed E-state index contributed by atoms with van der Waals surface area (Å²) in [6.07, 6.45) is 1.02. The normalized spacial score (nSPS) is 10.2. The number of hydrogen-bond donors (Lipinski definition) is 1. The number of methoxy groups -OCH3 is 1. The minimum Gasteiger partial charge on any atom is -0.467 e. The van der Waals surface area contributed by atoms with E-state index in [0.29, 0.717) is 12.6 Å². The summed E-state index contributed by atoms with van der Waals surface area (Å²) < 4.78 is 6.90. The van der Waals surface area contributed by atoms with Crippen LogP contribution >= 0.6 is 0 Å². The van der Waals surface area contributed by atoms with Crippen molar-refractivity contribution in [1.29, 1.82) is 0 Å². The van der Waals surface area contributed by atoms with Gasteiger partial charge in [-0.2, -0.15) is 0 Å². The van der Waals surface area contributed by atoms with E-state index in [1.807, 2.05) is 4.57 Å². The molecule has 1 aromatic rings. The fraction of sp³-hybridized carbons (Fsp3) is 0.714. The Hall–Kier alpha value is -1.10. The highest BCUT2D eigenvalue weighted by Crippen LogP contribution is 2.09. The van der Waals surface area contributed by atoms with Gasteiger partial charge in [-0.3, -0.25) is 4.57 Å². The fourth-order valence-corrected chi connectivity index (χ4v) is 1.07. The molecular weight excluding hydrogens is 156 g/mol. The first kappa shape index (κ1) is 8.99. The van der Waals surface area contributed by atoms with Gasteiger partial charge in [-0.05, 0) is 6.42 Å². The van der Waals surface area contributed by atoms with Gasteiger partial charge in [0, 0.05) is 6.54 Å². The summed E-state index contributed by atoms with van der Waals surface area (Å²) in [4.78, 5) is 0. The van der Waals surface area contributed by atoms with Gasteiger partial charge in [0.2, 0.25) is 0 Å². The molecule has 12 heavy (non-hydrogen) atoms. The van der Waals surface area contributed by atoms with Crippen molar-refractivity contribution < 1.29 is 4.74 Å². The average Bonchev–Trinajstić information content (AvgIpc) is 2.48. The molecule has 0 spiro atoms. The molecule has 0 bridgehead atoms. The zero-order chi connectivity index (χ0) is 8.97. The predicted molar refractivity (Wildman–Crippen MR) is 44.8 cm³/mol. The molecule has 1 heterocycles. The molecule has 1 rings (SSSR count). The van der Waals surface area contributed by atoms with Gasteiger partial charge >= 0.3 is 6.01 Å². The monoisotopic (exact) mass is 170 g/mol. The van der Waals surface area contributed by atoms with Crippen LogP contribution in [0.3, 0.4) is 0 Å². The van der Waals surface area contributed by atoms with Gasteiger partial charge in [0.15, 0.2) is 0 Å². The lowest BCUT2D eigenvalue weighted by atomic mass is 10.4. The van der Waals surface area contributed by atoms with Crippen LogP contribution in [0, 0.1) is 0 Å². The van der Waals surface area contributed by atoms with E-state index in [-0.39, 0.29) is 0 Å². The molecule has 2 N–H and O–H groups in total. The largest absolute Gasteiger partial charge is 0.467 e. The smallest absolute Gasteiger partial charge is 0.316 e. The second-order valence-electron chi connectivity index (χ2n) is 2.46. The minimum atomic E-state index is 0.399. The average molecular weight is 170 g/mol. The van der Waals surface area contributed by atoms with Gasteiger partial charge in [-0.25, -0.2) is 0 Å². The van der Waals surface area contributed by atoms with Crippen LogP contribution in [-0.4, -0.2) is 21.9 Å². The SMILES string of the molecule is CCCn1c(CN)nnc1OC. The Bertz CT molecular complexity index is 224. The zero-order valence-electron chi connectivity index (χ0n) is 7.45. The molecule has 0 atom stereocenters. The van der Waals surface area contributed by atoms with E-state index in [1.54, 1.807) is 7.11 Å². The minimum absolute atomic E-state index is 0.399. The van der Waals surface area contributed by atoms with E-state index in [9.17, 15) is 0 Å². The molecule has 0 amide bonds. The van der Waals surface area contributed by atoms with Crippen molar-refractivity contribution in [3.05, 3.63) is 5.82 Å². The highest BCUT2D eigenvalue weighted by molar-refractivity contribution is 5.00. The third kappa shape index (κ3) is 1.55. The molecule has 0 saturated heterocycles. The molecule has 0 aliphatic rings. The first-order valence-electron chi connectivity index (χ1n) is 3.99. The lowest BCUT2D eigenvalue weighted by molar-refractivity contribution is 0.352. The Balaban J connectivity index is 2.90. The second kappa shape index (κ2) is 4.06. The molecule has 0 aromatic carbocycles. The summed E-state index contributed by atoms with van der Waals surface area (Å²) in [5, 5.41) is 7.72. The third-order valence-electron chi connectivity index (χ3n) is 1.61. The van der Waals surface area contributed by atoms with Crippen LogP contribution in [0.2, 0.25) is 0 Å². The lowest BCUT2D eigenvalue weighted by Crippen LogP contribution is -2.09. The van der Waals surface area contributed by atoms with E-state index in [1.165, 1.54) is 0 Å². The van der Waals surface area contributed by atoms with Gasteiger partial charge in [-0.1, -0.05) is 12.0 Å². The van der Waals surface area contributed by atoms with Crippen LogP contribution in [0.15, 0.2) is 0 Å². The van der Waals surface area contributed by atoms with E-state index >= 15 is 0 Å². The molecule has 0 radical (unpaired) electrons. The Morgan fingerprint density at radius 1 is 1.50 bits per heavy atom. The zero-order valence-corrected chi connectivity index (χ0v) is 7.45. The first-order valence-corrected chi connectivity index (χ1v) is 3.99. The van der Waals surface area contributed by atoms with Crippen LogP contribution < -0.4 is 10.5 Å². The van der Waals surface area contributed by atoms with E-state index in [0.717, 1.165) is 18.8 Å². The molecular formula is C7H14N4O. The quantitative estimate of drug-likeness (QED) is 0.698. The van der Waals surface area contributed by atoms with Crippen molar-refractivity contribution in [2.24, 2.45) is 5.73 Å². The van der Waals surface area contributed by atoms with Gasteiger partial charge < -0.3 is 10.5 Å². The van der Waals surface area contributed by atoms with Crippen molar-refractivity contribution in [3.63, 3.8) is 0 Å². The summed E-state index contributed by atoms with van der Waals surface area (Å²) in [5.41, 5.74) is 5.47. The highest BCUT2D eigenvalue weighted by atomic mass is 16.5. The van der Waals surface area contributed by atoms with Crippen LogP contribution in [-0.2, 0) is 13.1 Å². The number of hydrogen-bond acceptors (Lipinski definition) is 4. The molecule has 0 saturated carbocycles. The number of rotatable bonds is 4. The summed E-state index contributed by atoms with van der Waals surface area (Å²) >= 11 is 0. The third-order valence-corrected chi connectivity index (χ3v) is 1.61. The number of ether oxygens (including phenoxy) is 1. The van der Waals surface area contributed by atoms with Gasteiger partial charge in [-0.15, -0.1) is 5.10 Å². The standard InChI is InChI=1S/C7H14N4O/c1-3-4-11-6(5-8)9-10-7(11)12-2/h3-5,8H2,1-2H3. The van der Waals surface area contributed by atoms with Gasteiger partial charge in [0.25, 0.3) is 0 Å². The van der Waals surface area contributed by atoms with Crippen LogP contribution in [0.25, 0.3) is 0 Å². The maximum atomic E-state index is 5.47. The van der Waals surface area contributed by atoms with Crippen molar-refractivity contribution in [2.45, 2.75) is 26.4 Å². The topological polar surface area (TPSA) is 66.0 Å². The molecule has 68 valence electrons. The molecule has 5 heteroatoms. The molecule has 0 fully saturated rings. The Morgan fingerprint density at radius 2 is 2.25 bits per heavy atom. The summed E-state index contributed by atoms with van der Waals surface area (Å²) in [6, 6.07) is 0.539. The number of aromatic nitrogens is 3. The fourth-order valence-electron chi connectivity index (χ4n) is 1.07. The molecule has 5 nitrogen and oxygen atoms in total. The first-order chi connectivity index (χ1) is 5.83. The maximum absolute atomic E-state index is 5.47. The van der Waals surface area contributed by atoms with Gasteiger partial charge in [0.05, 0.1) is 13.7 Å². The highest BCUT2D eigenvalue weighted by Gasteiger charge is 2.08. The van der Waals surface area contributed by atoms with Crippen molar-refractivity contribution in [1.82, 2.24) is 14.8 Å². The Labute approximate surface area is 71.5 Å². The van der Waals surface area contributed by atoms with Crippen molar-refractivity contribution in [2.75, 3.05) is 7.11 Å². The van der Waals surface area contributed by atoms with Crippen molar-refractivity contribution in [3.8, 4) is 6.01 Å². The Kier molecular flexibility index (Phi) is 3.04. The van der Waals surface area contributed by atoms with E-state index in [4.69, 9.17) is 10.5 Å². The second-order valence-corrected chi connectivity index (χ2v) is 2.46. The van der Waals surface area contributed by atoms with Crippen LogP contribution in [0.1, 0.15) is 19.2 Å². The summed E-state index contributed by atoms with van der Waals surface area (Å²) in [6.45, 7) is 3.33. The summed E-state index contributed by atoms with van der Waals surface area (Å²) in [5.74, 6) is 0.772. The maximum Gasteiger partial charge on any atom is 0.316 e. The van der Waals surface area contributed by atoms with Gasteiger partial charge in [0.1, 0.15) is 5.82 Å².